The Kier molecular flexibility index (Phi) is 3.87. The Morgan fingerprint density at radius 1 is 1.42 bits per heavy atom. The summed E-state index contributed by atoms with van der Waals surface area (Å²) in [5, 5.41) is 2.96. The lowest BCUT2D eigenvalue weighted by atomic mass is 10.1. The van der Waals surface area contributed by atoms with Gasteiger partial charge in [-0.05, 0) is 30.3 Å². The summed E-state index contributed by atoms with van der Waals surface area (Å²) in [6, 6.07) is 8.16. The zero-order chi connectivity index (χ0) is 13.8. The highest BCUT2D eigenvalue weighted by Crippen LogP contribution is 2.22. The van der Waals surface area contributed by atoms with Crippen molar-refractivity contribution in [2.24, 2.45) is 0 Å². The molecule has 2 rings (SSSR count). The average Bonchev–Trinajstić information content (AvgIpc) is 2.42. The number of anilines is 2. The number of aromatic nitrogens is 1. The molecule has 2 aromatic rings. The molecule has 0 unspecified atom stereocenters. The van der Waals surface area contributed by atoms with Gasteiger partial charge < -0.3 is 15.8 Å². The standard InChI is InChI=1S/C13H12ClN3O2/c1-19-8-4-5-11(15)9(7-8)13(18)17-12-10(14)3-2-6-16-12/h2-7H,15H2,1H3,(H,16,17,18). The summed E-state index contributed by atoms with van der Waals surface area (Å²) in [5.74, 6) is 0.444. The Bertz CT molecular complexity index is 617. The quantitative estimate of drug-likeness (QED) is 0.846. The number of nitrogens with zero attached hydrogens (tertiary/aromatic N) is 1. The maximum absolute atomic E-state index is 12.1. The van der Waals surface area contributed by atoms with Crippen LogP contribution in [-0.2, 0) is 0 Å². The van der Waals surface area contributed by atoms with Crippen molar-refractivity contribution < 1.29 is 9.53 Å². The first kappa shape index (κ1) is 13.2. The van der Waals surface area contributed by atoms with Crippen LogP contribution in [0.25, 0.3) is 0 Å². The molecule has 0 aliphatic rings. The molecule has 19 heavy (non-hydrogen) atoms. The average molecular weight is 278 g/mol. The molecule has 0 bridgehead atoms. The van der Waals surface area contributed by atoms with Gasteiger partial charge in [0.15, 0.2) is 5.82 Å². The van der Waals surface area contributed by atoms with E-state index in [2.05, 4.69) is 10.3 Å². The fourth-order valence-electron chi connectivity index (χ4n) is 1.51. The third-order valence-corrected chi connectivity index (χ3v) is 2.80. The van der Waals surface area contributed by atoms with Crippen LogP contribution in [0.2, 0.25) is 5.02 Å². The van der Waals surface area contributed by atoms with Gasteiger partial charge in [-0.15, -0.1) is 0 Å². The summed E-state index contributed by atoms with van der Waals surface area (Å²) in [5.41, 5.74) is 6.43. The molecule has 3 N–H and O–H groups in total. The van der Waals surface area contributed by atoms with E-state index in [1.807, 2.05) is 0 Å². The number of methoxy groups -OCH3 is 1. The van der Waals surface area contributed by atoms with Gasteiger partial charge in [-0.2, -0.15) is 0 Å². The number of nitrogens with one attached hydrogen (secondary N) is 1. The molecule has 0 saturated carbocycles. The highest BCUT2D eigenvalue weighted by molar-refractivity contribution is 6.33. The second-order valence-corrected chi connectivity index (χ2v) is 4.15. The molecule has 1 aromatic carbocycles. The first-order valence-corrected chi connectivity index (χ1v) is 5.85. The second-order valence-electron chi connectivity index (χ2n) is 3.74. The van der Waals surface area contributed by atoms with Crippen molar-refractivity contribution in [3.8, 4) is 5.75 Å². The normalized spacial score (nSPS) is 10.0. The predicted molar refractivity (Wildman–Crippen MR) is 74.6 cm³/mol. The van der Waals surface area contributed by atoms with Gasteiger partial charge in [-0.25, -0.2) is 4.98 Å². The molecule has 0 spiro atoms. The van der Waals surface area contributed by atoms with Crippen LogP contribution in [0.4, 0.5) is 11.5 Å². The SMILES string of the molecule is COc1ccc(N)c(C(=O)Nc2ncccc2Cl)c1. The Labute approximate surface area is 115 Å². The van der Waals surface area contributed by atoms with Gasteiger partial charge in [0.1, 0.15) is 5.75 Å². The minimum absolute atomic E-state index is 0.288. The molecule has 0 aliphatic heterocycles. The molecule has 98 valence electrons. The number of benzene rings is 1. The van der Waals surface area contributed by atoms with E-state index in [1.54, 1.807) is 30.3 Å². The number of carbonyl (C=O) groups excluding carboxylic acids is 1. The highest BCUT2D eigenvalue weighted by Gasteiger charge is 2.13. The minimum Gasteiger partial charge on any atom is -0.497 e. The smallest absolute Gasteiger partial charge is 0.259 e. The number of amides is 1. The number of pyridine rings is 1. The maximum Gasteiger partial charge on any atom is 0.259 e. The van der Waals surface area contributed by atoms with Gasteiger partial charge >= 0.3 is 0 Å². The van der Waals surface area contributed by atoms with Crippen molar-refractivity contribution in [1.29, 1.82) is 0 Å². The summed E-state index contributed by atoms with van der Waals surface area (Å²) < 4.78 is 5.06. The van der Waals surface area contributed by atoms with Crippen molar-refractivity contribution in [3.63, 3.8) is 0 Å². The van der Waals surface area contributed by atoms with Crippen LogP contribution in [0.15, 0.2) is 36.5 Å². The summed E-state index contributed by atoms with van der Waals surface area (Å²) >= 11 is 5.92. The van der Waals surface area contributed by atoms with Crippen LogP contribution < -0.4 is 15.8 Å². The summed E-state index contributed by atoms with van der Waals surface area (Å²) in [7, 11) is 1.52. The third kappa shape index (κ3) is 2.95. The zero-order valence-corrected chi connectivity index (χ0v) is 10.9. The highest BCUT2D eigenvalue weighted by atomic mass is 35.5. The van der Waals surface area contributed by atoms with E-state index in [-0.39, 0.29) is 5.82 Å². The fraction of sp³-hybridized carbons (Fsp3) is 0.0769. The number of nitrogens with two attached hydrogens (primary N) is 1. The molecular weight excluding hydrogens is 266 g/mol. The molecule has 0 radical (unpaired) electrons. The Morgan fingerprint density at radius 3 is 2.89 bits per heavy atom. The zero-order valence-electron chi connectivity index (χ0n) is 10.2. The van der Waals surface area contributed by atoms with Crippen molar-refractivity contribution in [3.05, 3.63) is 47.1 Å². The van der Waals surface area contributed by atoms with Crippen LogP contribution in [0.1, 0.15) is 10.4 Å². The van der Waals surface area contributed by atoms with E-state index < -0.39 is 5.91 Å². The van der Waals surface area contributed by atoms with Crippen LogP contribution in [0.5, 0.6) is 5.75 Å². The number of halogens is 1. The number of hydrogen-bond acceptors (Lipinski definition) is 4. The van der Waals surface area contributed by atoms with E-state index in [9.17, 15) is 4.79 Å². The summed E-state index contributed by atoms with van der Waals surface area (Å²) in [6.45, 7) is 0. The van der Waals surface area contributed by atoms with E-state index in [0.717, 1.165) is 0 Å². The topological polar surface area (TPSA) is 77.2 Å². The lowest BCUT2D eigenvalue weighted by molar-refractivity contribution is 0.102. The molecule has 1 amide bonds. The number of rotatable bonds is 3. The van der Waals surface area contributed by atoms with Crippen LogP contribution >= 0.6 is 11.6 Å². The molecular formula is C13H12ClN3O2. The second kappa shape index (κ2) is 5.58. The molecule has 0 atom stereocenters. The van der Waals surface area contributed by atoms with E-state index in [1.165, 1.54) is 13.3 Å². The number of carbonyl (C=O) groups is 1. The first-order valence-electron chi connectivity index (χ1n) is 5.47. The minimum atomic E-state index is -0.392. The molecule has 0 fully saturated rings. The third-order valence-electron chi connectivity index (χ3n) is 2.50. The lowest BCUT2D eigenvalue weighted by Crippen LogP contribution is -2.15. The van der Waals surface area contributed by atoms with Crippen molar-refractivity contribution in [1.82, 2.24) is 4.98 Å². The number of hydrogen-bond donors (Lipinski definition) is 2. The van der Waals surface area contributed by atoms with Crippen LogP contribution in [0, 0.1) is 0 Å². The Hall–Kier alpha value is -2.27. The van der Waals surface area contributed by atoms with E-state index in [4.69, 9.17) is 22.1 Å². The van der Waals surface area contributed by atoms with Crippen LogP contribution in [0.3, 0.4) is 0 Å². The summed E-state index contributed by atoms with van der Waals surface area (Å²) in [6.07, 6.45) is 1.54. The van der Waals surface area contributed by atoms with Gasteiger partial charge in [0, 0.05) is 11.9 Å². The van der Waals surface area contributed by atoms with E-state index >= 15 is 0 Å². The van der Waals surface area contributed by atoms with Crippen molar-refractivity contribution >= 4 is 29.0 Å². The van der Waals surface area contributed by atoms with E-state index in [0.29, 0.717) is 22.0 Å². The molecule has 0 saturated heterocycles. The van der Waals surface area contributed by atoms with Gasteiger partial charge in [0.25, 0.3) is 5.91 Å². The fourth-order valence-corrected chi connectivity index (χ4v) is 1.68. The van der Waals surface area contributed by atoms with Crippen molar-refractivity contribution in [2.45, 2.75) is 0 Å². The van der Waals surface area contributed by atoms with Gasteiger partial charge in [0.2, 0.25) is 0 Å². The van der Waals surface area contributed by atoms with Crippen molar-refractivity contribution in [2.75, 3.05) is 18.2 Å². The molecule has 6 heteroatoms. The molecule has 5 nitrogen and oxygen atoms in total. The van der Waals surface area contributed by atoms with Crippen LogP contribution in [-0.4, -0.2) is 18.0 Å². The Morgan fingerprint density at radius 2 is 2.21 bits per heavy atom. The van der Waals surface area contributed by atoms with Gasteiger partial charge in [-0.1, -0.05) is 11.6 Å². The predicted octanol–water partition coefficient (Wildman–Crippen LogP) is 2.58. The molecule has 0 aliphatic carbocycles. The lowest BCUT2D eigenvalue weighted by Gasteiger charge is -2.09. The molecule has 1 aromatic heterocycles. The summed E-state index contributed by atoms with van der Waals surface area (Å²) in [4.78, 5) is 16.1. The van der Waals surface area contributed by atoms with Gasteiger partial charge in [0.05, 0.1) is 17.7 Å². The molecule has 1 heterocycles. The first-order chi connectivity index (χ1) is 9.11. The number of nitrogen functional groups attached to an aromatic ring is 1. The maximum atomic E-state index is 12.1. The Balaban J connectivity index is 2.28. The monoisotopic (exact) mass is 277 g/mol. The largest absolute Gasteiger partial charge is 0.497 e. The van der Waals surface area contributed by atoms with Gasteiger partial charge in [-0.3, -0.25) is 4.79 Å². The number of ether oxygens (including phenoxy) is 1.